The van der Waals surface area contributed by atoms with Crippen LogP contribution in [0.2, 0.25) is 0 Å². The topological polar surface area (TPSA) is 55.7 Å². The Kier molecular flexibility index (Phi) is 2.30. The van der Waals surface area contributed by atoms with E-state index in [0.717, 1.165) is 18.4 Å². The fourth-order valence-electron chi connectivity index (χ4n) is 3.28. The summed E-state index contributed by atoms with van der Waals surface area (Å²) in [5.74, 6) is -0.192. The molecule has 0 unspecified atom stereocenters. The second-order valence-corrected chi connectivity index (χ2v) is 5.57. The molecule has 0 bridgehead atoms. The highest BCUT2D eigenvalue weighted by atomic mass is 16.5. The summed E-state index contributed by atoms with van der Waals surface area (Å²) < 4.78 is 4.96. The minimum absolute atomic E-state index is 0.192. The number of hydrogen-bond donors (Lipinski definition) is 0. The van der Waals surface area contributed by atoms with Crippen LogP contribution in [0.1, 0.15) is 31.2 Å². The van der Waals surface area contributed by atoms with Crippen molar-refractivity contribution >= 4 is 11.7 Å². The molecule has 0 saturated heterocycles. The quantitative estimate of drug-likeness (QED) is 0.607. The van der Waals surface area contributed by atoms with Gasteiger partial charge in [0.05, 0.1) is 12.5 Å². The van der Waals surface area contributed by atoms with Crippen molar-refractivity contribution in [1.82, 2.24) is 0 Å². The van der Waals surface area contributed by atoms with Crippen LogP contribution in [0.4, 0.5) is 5.69 Å². The molecule has 0 heterocycles. The summed E-state index contributed by atoms with van der Waals surface area (Å²) in [6, 6.07) is 7.02. The third-order valence-electron chi connectivity index (χ3n) is 4.39. The first-order valence-corrected chi connectivity index (χ1v) is 6.17. The van der Waals surface area contributed by atoms with Gasteiger partial charge in [0.15, 0.2) is 0 Å². The number of carbonyl (C=O) groups is 1. The predicted molar refractivity (Wildman–Crippen MR) is 66.5 cm³/mol. The molecule has 0 atom stereocenters. The van der Waals surface area contributed by atoms with Crippen LogP contribution in [0.3, 0.4) is 0 Å². The Morgan fingerprint density at radius 2 is 2.06 bits per heavy atom. The maximum Gasteiger partial charge on any atom is 0.316 e. The maximum absolute atomic E-state index is 12.1. The largest absolute Gasteiger partial charge is 0.468 e. The SMILES string of the molecule is COC(=O)C1(c2cccc(N=O)c2)CC2(CC2)C1. The summed E-state index contributed by atoms with van der Waals surface area (Å²) in [6.45, 7) is 0. The molecule has 0 aromatic heterocycles. The molecule has 2 saturated carbocycles. The highest BCUT2D eigenvalue weighted by Gasteiger charge is 2.65. The molecule has 94 valence electrons. The number of ether oxygens (including phenoxy) is 1. The number of rotatable bonds is 3. The fourth-order valence-corrected chi connectivity index (χ4v) is 3.28. The second-order valence-electron chi connectivity index (χ2n) is 5.57. The summed E-state index contributed by atoms with van der Waals surface area (Å²) in [5.41, 5.74) is 1.06. The van der Waals surface area contributed by atoms with Crippen LogP contribution >= 0.6 is 0 Å². The van der Waals surface area contributed by atoms with Gasteiger partial charge in [-0.1, -0.05) is 12.1 Å². The molecule has 18 heavy (non-hydrogen) atoms. The number of nitroso groups, excluding NO2 is 1. The average Bonchev–Trinajstić information content (AvgIpc) is 3.16. The Bertz CT molecular complexity index is 512. The van der Waals surface area contributed by atoms with Gasteiger partial charge < -0.3 is 4.74 Å². The normalized spacial score (nSPS) is 22.1. The lowest BCUT2D eigenvalue weighted by molar-refractivity contribution is -0.154. The third kappa shape index (κ3) is 1.48. The van der Waals surface area contributed by atoms with Crippen LogP contribution in [0.5, 0.6) is 0 Å². The van der Waals surface area contributed by atoms with Gasteiger partial charge >= 0.3 is 5.97 Å². The van der Waals surface area contributed by atoms with E-state index >= 15 is 0 Å². The molecular formula is C14H15NO3. The highest BCUT2D eigenvalue weighted by Crippen LogP contribution is 2.69. The molecule has 0 radical (unpaired) electrons. The summed E-state index contributed by atoms with van der Waals surface area (Å²) >= 11 is 0. The molecular weight excluding hydrogens is 230 g/mol. The van der Waals surface area contributed by atoms with Gasteiger partial charge in [-0.3, -0.25) is 4.79 Å². The lowest BCUT2D eigenvalue weighted by Crippen LogP contribution is -2.49. The maximum atomic E-state index is 12.1. The van der Waals surface area contributed by atoms with Gasteiger partial charge in [-0.2, -0.15) is 0 Å². The van der Waals surface area contributed by atoms with Crippen LogP contribution in [-0.2, 0) is 14.9 Å². The van der Waals surface area contributed by atoms with Crippen LogP contribution in [0.25, 0.3) is 0 Å². The highest BCUT2D eigenvalue weighted by molar-refractivity contribution is 5.85. The molecule has 0 aliphatic heterocycles. The van der Waals surface area contributed by atoms with Gasteiger partial charge in [0, 0.05) is 0 Å². The smallest absolute Gasteiger partial charge is 0.316 e. The first-order chi connectivity index (χ1) is 8.64. The zero-order valence-corrected chi connectivity index (χ0v) is 10.3. The van der Waals surface area contributed by atoms with Crippen molar-refractivity contribution in [2.75, 3.05) is 7.11 Å². The number of benzene rings is 1. The summed E-state index contributed by atoms with van der Waals surface area (Å²) in [6.07, 6.45) is 4.10. The average molecular weight is 245 g/mol. The minimum Gasteiger partial charge on any atom is -0.468 e. The van der Waals surface area contributed by atoms with E-state index in [-0.39, 0.29) is 5.97 Å². The molecule has 1 aromatic rings. The zero-order chi connectivity index (χ0) is 12.8. The van der Waals surface area contributed by atoms with Gasteiger partial charge in [0.25, 0.3) is 0 Å². The molecule has 1 spiro atoms. The van der Waals surface area contributed by atoms with E-state index in [9.17, 15) is 9.70 Å². The number of methoxy groups -OCH3 is 1. The number of carbonyl (C=O) groups excluding carboxylic acids is 1. The van der Waals surface area contributed by atoms with Crippen LogP contribution in [0, 0.1) is 10.3 Å². The van der Waals surface area contributed by atoms with Crippen LogP contribution < -0.4 is 0 Å². The molecule has 2 fully saturated rings. The van der Waals surface area contributed by atoms with Crippen molar-refractivity contribution in [3.63, 3.8) is 0 Å². The standard InChI is InChI=1S/C14H15NO3/c1-18-12(16)14(8-13(9-14)5-6-13)10-3-2-4-11(7-10)15-17/h2-4,7H,5-6,8-9H2,1H3. The lowest BCUT2D eigenvalue weighted by atomic mass is 9.56. The number of hydrogen-bond acceptors (Lipinski definition) is 4. The van der Waals surface area contributed by atoms with Gasteiger partial charge in [0.2, 0.25) is 0 Å². The predicted octanol–water partition coefficient (Wildman–Crippen LogP) is 3.07. The Labute approximate surface area is 105 Å². The van der Waals surface area contributed by atoms with E-state index in [1.807, 2.05) is 6.07 Å². The first kappa shape index (κ1) is 11.4. The van der Waals surface area contributed by atoms with Crippen LogP contribution in [0.15, 0.2) is 29.4 Å². The van der Waals surface area contributed by atoms with Crippen molar-refractivity contribution in [3.8, 4) is 0 Å². The molecule has 2 aliphatic rings. The Balaban J connectivity index is 1.98. The molecule has 0 amide bonds. The van der Waals surface area contributed by atoms with Gasteiger partial charge in [-0.15, -0.1) is 4.91 Å². The van der Waals surface area contributed by atoms with E-state index in [0.29, 0.717) is 11.1 Å². The first-order valence-electron chi connectivity index (χ1n) is 6.17. The molecule has 2 aliphatic carbocycles. The van der Waals surface area contributed by atoms with E-state index < -0.39 is 5.41 Å². The van der Waals surface area contributed by atoms with Crippen molar-refractivity contribution in [1.29, 1.82) is 0 Å². The second kappa shape index (κ2) is 3.64. The minimum atomic E-state index is -0.550. The van der Waals surface area contributed by atoms with Crippen molar-refractivity contribution < 1.29 is 9.53 Å². The van der Waals surface area contributed by atoms with E-state index in [2.05, 4.69) is 5.18 Å². The third-order valence-corrected chi connectivity index (χ3v) is 4.39. The van der Waals surface area contributed by atoms with Gasteiger partial charge in [-0.05, 0) is 54.0 Å². The van der Waals surface area contributed by atoms with E-state index in [4.69, 9.17) is 4.74 Å². The summed E-state index contributed by atoms with van der Waals surface area (Å²) in [7, 11) is 1.42. The Morgan fingerprint density at radius 3 is 2.61 bits per heavy atom. The Morgan fingerprint density at radius 1 is 1.33 bits per heavy atom. The summed E-state index contributed by atoms with van der Waals surface area (Å²) in [5, 5.41) is 2.94. The monoisotopic (exact) mass is 245 g/mol. The van der Waals surface area contributed by atoms with Gasteiger partial charge in [-0.25, -0.2) is 0 Å². The van der Waals surface area contributed by atoms with E-state index in [1.165, 1.54) is 20.0 Å². The number of nitrogens with zero attached hydrogens (tertiary/aromatic N) is 1. The summed E-state index contributed by atoms with van der Waals surface area (Å²) in [4.78, 5) is 22.7. The van der Waals surface area contributed by atoms with Crippen molar-refractivity contribution in [2.45, 2.75) is 31.1 Å². The van der Waals surface area contributed by atoms with Crippen LogP contribution in [-0.4, -0.2) is 13.1 Å². The molecule has 4 heteroatoms. The molecule has 1 aromatic carbocycles. The van der Waals surface area contributed by atoms with Gasteiger partial charge in [0.1, 0.15) is 5.69 Å². The molecule has 4 nitrogen and oxygen atoms in total. The van der Waals surface area contributed by atoms with Crippen molar-refractivity contribution in [2.24, 2.45) is 10.6 Å². The molecule has 0 N–H and O–H groups in total. The van der Waals surface area contributed by atoms with E-state index in [1.54, 1.807) is 18.2 Å². The fraction of sp³-hybridized carbons (Fsp3) is 0.500. The lowest BCUT2D eigenvalue weighted by Gasteiger charge is -2.46. The zero-order valence-electron chi connectivity index (χ0n) is 10.3. The number of esters is 1. The Hall–Kier alpha value is -1.71. The molecule has 3 rings (SSSR count). The van der Waals surface area contributed by atoms with Crippen molar-refractivity contribution in [3.05, 3.63) is 34.7 Å².